The van der Waals surface area contributed by atoms with Crippen molar-refractivity contribution >= 4 is 5.69 Å². The summed E-state index contributed by atoms with van der Waals surface area (Å²) in [4.78, 5) is 0. The Morgan fingerprint density at radius 1 is 1.54 bits per heavy atom. The molecule has 2 rings (SSSR count). The average Bonchev–Trinajstić information content (AvgIpc) is 2.72. The smallest absolute Gasteiger partial charge is 0.156 e. The van der Waals surface area contributed by atoms with Crippen LogP contribution in [0.2, 0.25) is 0 Å². The molecule has 0 fully saturated rings. The molecule has 0 bridgehead atoms. The maximum atomic E-state index is 4.90. The standard InChI is InChI=1S/C8H10N4O/c1-6-8(5-12-13-6)9-2-7-3-10-11-4-7/h3-5,9H,2H2,1H3,(H,10,11). The molecule has 0 aliphatic carbocycles. The molecule has 2 aromatic heterocycles. The van der Waals surface area contributed by atoms with Gasteiger partial charge >= 0.3 is 0 Å². The van der Waals surface area contributed by atoms with E-state index in [4.69, 9.17) is 4.52 Å². The summed E-state index contributed by atoms with van der Waals surface area (Å²) in [6.07, 6.45) is 5.28. The van der Waals surface area contributed by atoms with Crippen molar-refractivity contribution in [2.24, 2.45) is 0 Å². The summed E-state index contributed by atoms with van der Waals surface area (Å²) < 4.78 is 4.90. The van der Waals surface area contributed by atoms with Crippen LogP contribution in [-0.4, -0.2) is 15.4 Å². The summed E-state index contributed by atoms with van der Waals surface area (Å²) in [7, 11) is 0. The van der Waals surface area contributed by atoms with Gasteiger partial charge in [-0.1, -0.05) is 5.16 Å². The van der Waals surface area contributed by atoms with E-state index in [2.05, 4.69) is 20.7 Å². The van der Waals surface area contributed by atoms with Gasteiger partial charge in [-0.15, -0.1) is 0 Å². The number of rotatable bonds is 3. The Balaban J connectivity index is 1.97. The molecular weight excluding hydrogens is 168 g/mol. The van der Waals surface area contributed by atoms with Crippen LogP contribution in [0.3, 0.4) is 0 Å². The zero-order chi connectivity index (χ0) is 9.10. The fraction of sp³-hybridized carbons (Fsp3) is 0.250. The Morgan fingerprint density at radius 2 is 2.46 bits per heavy atom. The first-order valence-corrected chi connectivity index (χ1v) is 3.99. The number of nitrogens with zero attached hydrogens (tertiary/aromatic N) is 2. The number of aromatic nitrogens is 3. The highest BCUT2D eigenvalue weighted by molar-refractivity contribution is 5.43. The number of hydrogen-bond donors (Lipinski definition) is 2. The van der Waals surface area contributed by atoms with Gasteiger partial charge in [-0.3, -0.25) is 5.10 Å². The van der Waals surface area contributed by atoms with Gasteiger partial charge < -0.3 is 9.84 Å². The van der Waals surface area contributed by atoms with Crippen LogP contribution in [0.4, 0.5) is 5.69 Å². The van der Waals surface area contributed by atoms with Crippen LogP contribution in [-0.2, 0) is 6.54 Å². The lowest BCUT2D eigenvalue weighted by molar-refractivity contribution is 0.398. The molecule has 0 atom stereocenters. The molecule has 0 saturated heterocycles. The van der Waals surface area contributed by atoms with E-state index >= 15 is 0 Å². The molecule has 68 valence electrons. The fourth-order valence-corrected chi connectivity index (χ4v) is 1.04. The maximum Gasteiger partial charge on any atom is 0.156 e. The number of nitrogens with one attached hydrogen (secondary N) is 2. The minimum absolute atomic E-state index is 0.721. The zero-order valence-electron chi connectivity index (χ0n) is 7.24. The van der Waals surface area contributed by atoms with Crippen molar-refractivity contribution in [1.82, 2.24) is 15.4 Å². The zero-order valence-corrected chi connectivity index (χ0v) is 7.24. The first-order valence-electron chi connectivity index (χ1n) is 3.99. The van der Waals surface area contributed by atoms with Crippen LogP contribution in [0, 0.1) is 6.92 Å². The van der Waals surface area contributed by atoms with E-state index in [1.807, 2.05) is 13.1 Å². The third-order valence-electron chi connectivity index (χ3n) is 1.79. The summed E-state index contributed by atoms with van der Waals surface area (Å²) in [6.45, 7) is 2.59. The molecule has 2 aromatic rings. The molecule has 13 heavy (non-hydrogen) atoms. The van der Waals surface area contributed by atoms with Crippen LogP contribution >= 0.6 is 0 Å². The minimum Gasteiger partial charge on any atom is -0.377 e. The number of hydrogen-bond acceptors (Lipinski definition) is 4. The topological polar surface area (TPSA) is 66.7 Å². The van der Waals surface area contributed by atoms with Gasteiger partial charge in [0.1, 0.15) is 0 Å². The number of aromatic amines is 1. The lowest BCUT2D eigenvalue weighted by atomic mass is 10.3. The van der Waals surface area contributed by atoms with E-state index in [1.54, 1.807) is 12.4 Å². The Kier molecular flexibility index (Phi) is 1.99. The third kappa shape index (κ3) is 1.69. The molecule has 2 N–H and O–H groups in total. The van der Waals surface area contributed by atoms with Crippen LogP contribution < -0.4 is 5.32 Å². The molecule has 0 aliphatic heterocycles. The molecule has 5 nitrogen and oxygen atoms in total. The Morgan fingerprint density at radius 3 is 3.08 bits per heavy atom. The molecular formula is C8H10N4O. The maximum absolute atomic E-state index is 4.90. The van der Waals surface area contributed by atoms with Gasteiger partial charge in [-0.05, 0) is 6.92 Å². The summed E-state index contributed by atoms with van der Waals surface area (Å²) in [5.41, 5.74) is 2.02. The predicted octanol–water partition coefficient (Wildman–Crippen LogP) is 1.32. The van der Waals surface area contributed by atoms with Gasteiger partial charge in [0.25, 0.3) is 0 Å². The molecule has 5 heteroatoms. The van der Waals surface area contributed by atoms with E-state index in [0.29, 0.717) is 0 Å². The SMILES string of the molecule is Cc1oncc1NCc1cn[nH]c1. The largest absolute Gasteiger partial charge is 0.377 e. The van der Waals surface area contributed by atoms with Crippen molar-refractivity contribution in [3.05, 3.63) is 29.9 Å². The number of anilines is 1. The monoisotopic (exact) mass is 178 g/mol. The van der Waals surface area contributed by atoms with E-state index in [0.717, 1.165) is 23.6 Å². The van der Waals surface area contributed by atoms with Crippen LogP contribution in [0.15, 0.2) is 23.1 Å². The molecule has 0 aliphatic rings. The van der Waals surface area contributed by atoms with Crippen molar-refractivity contribution in [2.75, 3.05) is 5.32 Å². The normalized spacial score (nSPS) is 10.2. The highest BCUT2D eigenvalue weighted by Crippen LogP contribution is 2.13. The fourth-order valence-electron chi connectivity index (χ4n) is 1.04. The van der Waals surface area contributed by atoms with Gasteiger partial charge in [-0.25, -0.2) is 0 Å². The molecule has 0 radical (unpaired) electrons. The van der Waals surface area contributed by atoms with Crippen LogP contribution in [0.25, 0.3) is 0 Å². The summed E-state index contributed by atoms with van der Waals surface area (Å²) in [6, 6.07) is 0. The quantitative estimate of drug-likeness (QED) is 0.743. The summed E-state index contributed by atoms with van der Waals surface area (Å²) in [5, 5.41) is 13.4. The third-order valence-corrected chi connectivity index (χ3v) is 1.79. The molecule has 0 aromatic carbocycles. The van der Waals surface area contributed by atoms with E-state index in [-0.39, 0.29) is 0 Å². The second kappa shape index (κ2) is 3.30. The summed E-state index contributed by atoms with van der Waals surface area (Å²) >= 11 is 0. The van der Waals surface area contributed by atoms with Crippen molar-refractivity contribution in [1.29, 1.82) is 0 Å². The molecule has 0 saturated carbocycles. The predicted molar refractivity (Wildman–Crippen MR) is 47.2 cm³/mol. The van der Waals surface area contributed by atoms with Crippen LogP contribution in [0.1, 0.15) is 11.3 Å². The Hall–Kier alpha value is -1.78. The second-order valence-electron chi connectivity index (χ2n) is 2.76. The van der Waals surface area contributed by atoms with Gasteiger partial charge in [0, 0.05) is 18.3 Å². The first kappa shape index (κ1) is 7.85. The number of aryl methyl sites for hydroxylation is 1. The van der Waals surface area contributed by atoms with Crippen molar-refractivity contribution in [2.45, 2.75) is 13.5 Å². The summed E-state index contributed by atoms with van der Waals surface area (Å²) in [5.74, 6) is 0.795. The molecule has 0 unspecified atom stereocenters. The molecule has 0 amide bonds. The Labute approximate surface area is 75.1 Å². The first-order chi connectivity index (χ1) is 6.36. The van der Waals surface area contributed by atoms with Crippen molar-refractivity contribution in [3.63, 3.8) is 0 Å². The molecule has 0 spiro atoms. The average molecular weight is 178 g/mol. The van der Waals surface area contributed by atoms with Crippen LogP contribution in [0.5, 0.6) is 0 Å². The Bertz CT molecular complexity index is 365. The van der Waals surface area contributed by atoms with Gasteiger partial charge in [0.2, 0.25) is 0 Å². The van der Waals surface area contributed by atoms with Crippen molar-refractivity contribution < 1.29 is 4.52 Å². The highest BCUT2D eigenvalue weighted by Gasteiger charge is 2.01. The lowest BCUT2D eigenvalue weighted by Gasteiger charge is -1.99. The molecule has 2 heterocycles. The van der Waals surface area contributed by atoms with Gasteiger partial charge in [-0.2, -0.15) is 5.10 Å². The second-order valence-corrected chi connectivity index (χ2v) is 2.76. The minimum atomic E-state index is 0.721. The lowest BCUT2D eigenvalue weighted by Crippen LogP contribution is -1.97. The van der Waals surface area contributed by atoms with Gasteiger partial charge in [0.15, 0.2) is 5.76 Å². The van der Waals surface area contributed by atoms with E-state index in [9.17, 15) is 0 Å². The van der Waals surface area contributed by atoms with E-state index < -0.39 is 0 Å². The van der Waals surface area contributed by atoms with E-state index in [1.165, 1.54) is 0 Å². The number of H-pyrrole nitrogens is 1. The van der Waals surface area contributed by atoms with Gasteiger partial charge in [0.05, 0.1) is 18.1 Å². The van der Waals surface area contributed by atoms with Crippen molar-refractivity contribution in [3.8, 4) is 0 Å². The highest BCUT2D eigenvalue weighted by atomic mass is 16.5.